The lowest BCUT2D eigenvalue weighted by Crippen LogP contribution is -2.40. The van der Waals surface area contributed by atoms with E-state index in [1.807, 2.05) is 0 Å². The average molecular weight is 462 g/mol. The van der Waals surface area contributed by atoms with Crippen LogP contribution in [0.25, 0.3) is 0 Å². The molecule has 2 N–H and O–H groups in total. The van der Waals surface area contributed by atoms with Crippen molar-refractivity contribution < 1.29 is 42.6 Å². The van der Waals surface area contributed by atoms with Crippen molar-refractivity contribution >= 4 is 29.0 Å². The number of nitro benzene ring substituents is 1. The fourth-order valence-electron chi connectivity index (χ4n) is 2.56. The second kappa shape index (κ2) is 8.90. The van der Waals surface area contributed by atoms with Crippen molar-refractivity contribution in [2.75, 3.05) is 0 Å². The summed E-state index contributed by atoms with van der Waals surface area (Å²) in [6.45, 7) is 1.32. The Bertz CT molecular complexity index is 1040. The van der Waals surface area contributed by atoms with Crippen LogP contribution in [0.15, 0.2) is 36.4 Å². The van der Waals surface area contributed by atoms with Gasteiger partial charge in [-0.05, 0) is 36.8 Å². The Labute approximate surface area is 178 Å². The molecule has 166 valence electrons. The molecular formula is C19H15ClF3NO7. The van der Waals surface area contributed by atoms with Crippen molar-refractivity contribution in [3.05, 3.63) is 62.7 Å². The van der Waals surface area contributed by atoms with Gasteiger partial charge in [0.25, 0.3) is 5.69 Å². The zero-order valence-corrected chi connectivity index (χ0v) is 16.5. The van der Waals surface area contributed by atoms with Gasteiger partial charge in [0.15, 0.2) is 11.4 Å². The van der Waals surface area contributed by atoms with E-state index in [-0.39, 0.29) is 17.9 Å². The average Bonchev–Trinajstić information content (AvgIpc) is 2.68. The fourth-order valence-corrected chi connectivity index (χ4v) is 2.78. The molecule has 0 aromatic heterocycles. The van der Waals surface area contributed by atoms with Crippen molar-refractivity contribution in [3.8, 4) is 11.5 Å². The Morgan fingerprint density at radius 1 is 1.19 bits per heavy atom. The number of benzene rings is 2. The number of carboxylic acids is 1. The van der Waals surface area contributed by atoms with E-state index in [0.717, 1.165) is 24.3 Å². The molecule has 0 aliphatic heterocycles. The standard InChI is InChI=1S/C19H15ClF3NO7/c1-2-18(28,17(26)27)9-15(25)12-8-11(4-5-14(12)24(29)30)31-16-6-3-10(7-13(16)20)19(21,22)23/h3-8,28H,2,9H2,1H3,(H,26,27). The summed E-state index contributed by atoms with van der Waals surface area (Å²) in [6, 6.07) is 5.20. The van der Waals surface area contributed by atoms with E-state index in [9.17, 15) is 38.0 Å². The number of hydrogen-bond donors (Lipinski definition) is 2. The number of carbonyl (C=O) groups is 2. The Kier molecular flexibility index (Phi) is 6.92. The highest BCUT2D eigenvalue weighted by atomic mass is 35.5. The maximum Gasteiger partial charge on any atom is 0.416 e. The number of aliphatic carboxylic acids is 1. The molecule has 31 heavy (non-hydrogen) atoms. The van der Waals surface area contributed by atoms with Gasteiger partial charge >= 0.3 is 12.1 Å². The summed E-state index contributed by atoms with van der Waals surface area (Å²) in [7, 11) is 0. The van der Waals surface area contributed by atoms with Crippen LogP contribution >= 0.6 is 11.6 Å². The second-order valence-electron chi connectivity index (χ2n) is 6.47. The SMILES string of the molecule is CCC(O)(CC(=O)c1cc(Oc2ccc(C(F)(F)F)cc2Cl)ccc1[N+](=O)[O-])C(=O)O. The van der Waals surface area contributed by atoms with E-state index >= 15 is 0 Å². The largest absolute Gasteiger partial charge is 0.479 e. The van der Waals surface area contributed by atoms with Crippen LogP contribution in [-0.2, 0) is 11.0 Å². The van der Waals surface area contributed by atoms with E-state index in [4.69, 9.17) is 21.4 Å². The molecule has 0 radical (unpaired) electrons. The molecule has 1 unspecified atom stereocenters. The minimum atomic E-state index is -4.63. The summed E-state index contributed by atoms with van der Waals surface area (Å²) in [5.74, 6) is -3.10. The Morgan fingerprint density at radius 2 is 1.84 bits per heavy atom. The summed E-state index contributed by atoms with van der Waals surface area (Å²) >= 11 is 5.81. The van der Waals surface area contributed by atoms with E-state index in [1.165, 1.54) is 6.92 Å². The zero-order valence-electron chi connectivity index (χ0n) is 15.8. The lowest BCUT2D eigenvalue weighted by Gasteiger charge is -2.20. The van der Waals surface area contributed by atoms with Gasteiger partial charge in [-0.2, -0.15) is 13.2 Å². The third kappa shape index (κ3) is 5.50. The van der Waals surface area contributed by atoms with E-state index in [0.29, 0.717) is 12.1 Å². The van der Waals surface area contributed by atoms with Gasteiger partial charge in [0, 0.05) is 6.07 Å². The maximum absolute atomic E-state index is 12.7. The van der Waals surface area contributed by atoms with Crippen molar-refractivity contribution in [3.63, 3.8) is 0 Å². The van der Waals surface area contributed by atoms with Crippen LogP contribution in [0.4, 0.5) is 18.9 Å². The summed E-state index contributed by atoms with van der Waals surface area (Å²) in [5, 5.41) is 30.0. The number of ketones is 1. The van der Waals surface area contributed by atoms with Gasteiger partial charge in [-0.3, -0.25) is 14.9 Å². The highest BCUT2D eigenvalue weighted by molar-refractivity contribution is 6.32. The lowest BCUT2D eigenvalue weighted by atomic mass is 9.91. The van der Waals surface area contributed by atoms with E-state index in [1.54, 1.807) is 0 Å². The molecule has 2 rings (SSSR count). The Morgan fingerprint density at radius 3 is 2.32 bits per heavy atom. The third-order valence-electron chi connectivity index (χ3n) is 4.39. The number of rotatable bonds is 8. The number of alkyl halides is 3. The highest BCUT2D eigenvalue weighted by Crippen LogP contribution is 2.37. The van der Waals surface area contributed by atoms with Crippen LogP contribution in [0.3, 0.4) is 0 Å². The smallest absolute Gasteiger partial charge is 0.416 e. The van der Waals surface area contributed by atoms with Crippen LogP contribution in [0.1, 0.15) is 35.7 Å². The topological polar surface area (TPSA) is 127 Å². The molecule has 0 aliphatic rings. The molecule has 0 bridgehead atoms. The Hall–Kier alpha value is -3.18. The molecule has 0 saturated carbocycles. The van der Waals surface area contributed by atoms with Gasteiger partial charge in [0.2, 0.25) is 0 Å². The minimum Gasteiger partial charge on any atom is -0.479 e. The predicted octanol–water partition coefficient (Wildman–Crippen LogP) is 4.86. The molecule has 12 heteroatoms. The number of hydrogen-bond acceptors (Lipinski definition) is 6. The first-order valence-corrected chi connectivity index (χ1v) is 8.98. The molecule has 0 amide bonds. The van der Waals surface area contributed by atoms with Gasteiger partial charge in [-0.1, -0.05) is 18.5 Å². The summed E-state index contributed by atoms with van der Waals surface area (Å²) in [4.78, 5) is 34.1. The third-order valence-corrected chi connectivity index (χ3v) is 4.68. The number of aliphatic hydroxyl groups is 1. The molecule has 0 aliphatic carbocycles. The monoisotopic (exact) mass is 461 g/mol. The first-order valence-electron chi connectivity index (χ1n) is 8.60. The number of nitrogens with zero attached hydrogens (tertiary/aromatic N) is 1. The van der Waals surface area contributed by atoms with Crippen LogP contribution < -0.4 is 4.74 Å². The minimum absolute atomic E-state index is 0.175. The number of ether oxygens (including phenoxy) is 1. The Balaban J connectivity index is 2.41. The molecule has 0 saturated heterocycles. The number of carboxylic acid groups (broad SMARTS) is 1. The first-order chi connectivity index (χ1) is 14.3. The van der Waals surface area contributed by atoms with Crippen molar-refractivity contribution in [2.24, 2.45) is 0 Å². The quantitative estimate of drug-likeness (QED) is 0.326. The number of nitro groups is 1. The molecule has 0 spiro atoms. The molecule has 2 aromatic carbocycles. The van der Waals surface area contributed by atoms with Crippen LogP contribution in [-0.4, -0.2) is 32.5 Å². The predicted molar refractivity (Wildman–Crippen MR) is 101 cm³/mol. The van der Waals surface area contributed by atoms with Gasteiger partial charge in [-0.25, -0.2) is 4.79 Å². The molecule has 8 nitrogen and oxygen atoms in total. The zero-order chi connectivity index (χ0) is 23.6. The van der Waals surface area contributed by atoms with Crippen molar-refractivity contribution in [1.82, 2.24) is 0 Å². The molecule has 0 fully saturated rings. The molecule has 0 heterocycles. The fraction of sp³-hybridized carbons (Fsp3) is 0.263. The summed E-state index contributed by atoms with van der Waals surface area (Å²) in [5.41, 5.74) is -4.66. The number of carbonyl (C=O) groups excluding carboxylic acids is 1. The van der Waals surface area contributed by atoms with Crippen molar-refractivity contribution in [2.45, 2.75) is 31.5 Å². The number of halogens is 4. The van der Waals surface area contributed by atoms with Gasteiger partial charge in [0.1, 0.15) is 11.5 Å². The van der Waals surface area contributed by atoms with Crippen LogP contribution in [0, 0.1) is 10.1 Å². The highest BCUT2D eigenvalue weighted by Gasteiger charge is 2.38. The van der Waals surface area contributed by atoms with E-state index < -0.39 is 56.7 Å². The van der Waals surface area contributed by atoms with Gasteiger partial charge in [0.05, 0.1) is 27.5 Å². The summed E-state index contributed by atoms with van der Waals surface area (Å²) < 4.78 is 43.6. The first kappa shape index (κ1) is 24.1. The lowest BCUT2D eigenvalue weighted by molar-refractivity contribution is -0.385. The second-order valence-corrected chi connectivity index (χ2v) is 6.88. The van der Waals surface area contributed by atoms with Gasteiger partial charge < -0.3 is 14.9 Å². The van der Waals surface area contributed by atoms with Crippen molar-refractivity contribution in [1.29, 1.82) is 0 Å². The molecule has 2 aromatic rings. The van der Waals surface area contributed by atoms with Crippen LogP contribution in [0.2, 0.25) is 5.02 Å². The van der Waals surface area contributed by atoms with Gasteiger partial charge in [-0.15, -0.1) is 0 Å². The van der Waals surface area contributed by atoms with Crippen LogP contribution in [0.5, 0.6) is 11.5 Å². The molecule has 1 atom stereocenters. The molecular weight excluding hydrogens is 447 g/mol. The summed E-state index contributed by atoms with van der Waals surface area (Å²) in [6.07, 6.45) is -5.90. The number of Topliss-reactive ketones (excluding diaryl/α,β-unsaturated/α-hetero) is 1. The van der Waals surface area contributed by atoms with E-state index in [2.05, 4.69) is 0 Å². The normalized spacial score (nSPS) is 13.4. The maximum atomic E-state index is 12.7.